The summed E-state index contributed by atoms with van der Waals surface area (Å²) in [6.45, 7) is 9.58. The summed E-state index contributed by atoms with van der Waals surface area (Å²) in [6, 6.07) is 8.28. The zero-order valence-electron chi connectivity index (χ0n) is 12.8. The molecule has 0 bridgehead atoms. The number of rotatable bonds is 3. The Labute approximate surface area is 130 Å². The van der Waals surface area contributed by atoms with E-state index in [9.17, 15) is 0 Å². The molecule has 0 amide bonds. The van der Waals surface area contributed by atoms with E-state index in [0.717, 1.165) is 42.3 Å². The molecule has 0 spiro atoms. The maximum atomic E-state index is 4.78. The van der Waals surface area contributed by atoms with E-state index in [1.165, 1.54) is 0 Å². The second-order valence-electron chi connectivity index (χ2n) is 5.58. The van der Waals surface area contributed by atoms with Crippen LogP contribution in [0.4, 0.5) is 11.8 Å². The first-order valence-electron chi connectivity index (χ1n) is 7.58. The number of nitrogens with zero attached hydrogens (tertiary/aromatic N) is 3. The second-order valence-corrected chi connectivity index (χ2v) is 7.46. The largest absolute Gasteiger partial charge is 0.354 e. The number of nitrogens with one attached hydrogen (secondary N) is 1. The maximum absolute atomic E-state index is 4.78. The van der Waals surface area contributed by atoms with Crippen LogP contribution >= 0.6 is 11.8 Å². The Kier molecular flexibility index (Phi) is 4.19. The van der Waals surface area contributed by atoms with Crippen molar-refractivity contribution >= 4 is 34.4 Å². The van der Waals surface area contributed by atoms with Gasteiger partial charge >= 0.3 is 0 Å². The molecular formula is C16H22N4S. The molecule has 2 atom stereocenters. The molecule has 1 saturated heterocycles. The molecular weight excluding hydrogens is 280 g/mol. The van der Waals surface area contributed by atoms with E-state index in [2.05, 4.69) is 65.9 Å². The van der Waals surface area contributed by atoms with Gasteiger partial charge in [0.25, 0.3) is 0 Å². The Bertz CT molecular complexity index is 621. The molecule has 1 aliphatic heterocycles. The predicted octanol–water partition coefficient (Wildman–Crippen LogP) is 3.39. The van der Waals surface area contributed by atoms with Gasteiger partial charge < -0.3 is 10.2 Å². The summed E-state index contributed by atoms with van der Waals surface area (Å²) in [7, 11) is 0. The molecule has 4 nitrogen and oxygen atoms in total. The summed E-state index contributed by atoms with van der Waals surface area (Å²) < 4.78 is 0. The lowest BCUT2D eigenvalue weighted by Crippen LogP contribution is -2.41. The molecule has 0 aliphatic carbocycles. The average molecular weight is 302 g/mol. The highest BCUT2D eigenvalue weighted by Gasteiger charge is 2.25. The molecule has 1 aliphatic rings. The summed E-state index contributed by atoms with van der Waals surface area (Å²) in [5.41, 5.74) is 1.01. The van der Waals surface area contributed by atoms with Crippen molar-refractivity contribution < 1.29 is 0 Å². The minimum atomic E-state index is 0.630. The van der Waals surface area contributed by atoms with Crippen LogP contribution in [0.1, 0.15) is 20.8 Å². The minimum Gasteiger partial charge on any atom is -0.354 e. The van der Waals surface area contributed by atoms with Crippen LogP contribution in [0.5, 0.6) is 0 Å². The summed E-state index contributed by atoms with van der Waals surface area (Å²) in [5.74, 6) is 1.79. The van der Waals surface area contributed by atoms with Crippen molar-refractivity contribution in [3.8, 4) is 0 Å². The lowest BCUT2D eigenvalue weighted by atomic mass is 10.2. The van der Waals surface area contributed by atoms with Crippen molar-refractivity contribution in [3.63, 3.8) is 0 Å². The van der Waals surface area contributed by atoms with Crippen LogP contribution in [0, 0.1) is 0 Å². The van der Waals surface area contributed by atoms with Crippen molar-refractivity contribution in [2.75, 3.05) is 29.9 Å². The van der Waals surface area contributed by atoms with E-state index in [4.69, 9.17) is 4.98 Å². The number of fused-ring (bicyclic) bond motifs is 1. The third-order valence-corrected chi connectivity index (χ3v) is 4.86. The van der Waals surface area contributed by atoms with Crippen LogP contribution in [-0.4, -0.2) is 40.1 Å². The van der Waals surface area contributed by atoms with Gasteiger partial charge in [-0.2, -0.15) is 16.7 Å². The normalized spacial score (nSPS) is 22.5. The highest BCUT2D eigenvalue weighted by Crippen LogP contribution is 2.31. The molecule has 112 valence electrons. The zero-order valence-corrected chi connectivity index (χ0v) is 13.7. The quantitative estimate of drug-likeness (QED) is 0.941. The number of hydrogen-bond acceptors (Lipinski definition) is 5. The highest BCUT2D eigenvalue weighted by molar-refractivity contribution is 8.00. The standard InChI is InChI=1S/C16H22N4S/c1-4-17-16-18-14-8-6-5-7-13(14)15(19-16)20-9-11(2)21-12(3)10-20/h5-8,11-12H,4,9-10H2,1-3H3,(H,17,18,19). The van der Waals surface area contributed by atoms with Crippen LogP contribution < -0.4 is 10.2 Å². The van der Waals surface area contributed by atoms with Crippen LogP contribution in [0.3, 0.4) is 0 Å². The fourth-order valence-corrected chi connectivity index (χ4v) is 4.21. The van der Waals surface area contributed by atoms with Gasteiger partial charge in [-0.15, -0.1) is 0 Å². The highest BCUT2D eigenvalue weighted by atomic mass is 32.2. The Morgan fingerprint density at radius 3 is 2.62 bits per heavy atom. The fraction of sp³-hybridized carbons (Fsp3) is 0.500. The molecule has 1 N–H and O–H groups in total. The number of benzene rings is 1. The lowest BCUT2D eigenvalue weighted by Gasteiger charge is -2.36. The topological polar surface area (TPSA) is 41.1 Å². The van der Waals surface area contributed by atoms with Crippen molar-refractivity contribution in [2.45, 2.75) is 31.3 Å². The summed E-state index contributed by atoms with van der Waals surface area (Å²) in [6.07, 6.45) is 0. The first-order chi connectivity index (χ1) is 10.2. The summed E-state index contributed by atoms with van der Waals surface area (Å²) in [4.78, 5) is 11.8. The summed E-state index contributed by atoms with van der Waals surface area (Å²) in [5, 5.41) is 5.65. The molecule has 2 heterocycles. The number of aromatic nitrogens is 2. The second kappa shape index (κ2) is 6.10. The smallest absolute Gasteiger partial charge is 0.225 e. The van der Waals surface area contributed by atoms with Gasteiger partial charge in [0.1, 0.15) is 5.82 Å². The molecule has 2 aromatic rings. The molecule has 1 aromatic heterocycles. The van der Waals surface area contributed by atoms with Gasteiger partial charge in [-0.1, -0.05) is 26.0 Å². The molecule has 1 fully saturated rings. The third kappa shape index (κ3) is 3.07. The van der Waals surface area contributed by atoms with Crippen LogP contribution in [0.2, 0.25) is 0 Å². The van der Waals surface area contributed by atoms with E-state index in [1.807, 2.05) is 6.07 Å². The Balaban J connectivity index is 2.06. The van der Waals surface area contributed by atoms with Gasteiger partial charge in [-0.05, 0) is 19.1 Å². The van der Waals surface area contributed by atoms with Gasteiger partial charge in [-0.25, -0.2) is 4.98 Å². The fourth-order valence-electron chi connectivity index (χ4n) is 2.89. The van der Waals surface area contributed by atoms with Gasteiger partial charge in [0.15, 0.2) is 0 Å². The van der Waals surface area contributed by atoms with E-state index in [0.29, 0.717) is 10.5 Å². The molecule has 0 saturated carbocycles. The van der Waals surface area contributed by atoms with Gasteiger partial charge in [-0.3, -0.25) is 0 Å². The Morgan fingerprint density at radius 1 is 1.19 bits per heavy atom. The van der Waals surface area contributed by atoms with E-state index in [1.54, 1.807) is 0 Å². The first-order valence-corrected chi connectivity index (χ1v) is 8.52. The first kappa shape index (κ1) is 14.4. The molecule has 0 radical (unpaired) electrons. The van der Waals surface area contributed by atoms with Crippen LogP contribution in [0.15, 0.2) is 24.3 Å². The monoisotopic (exact) mass is 302 g/mol. The summed E-state index contributed by atoms with van der Waals surface area (Å²) >= 11 is 2.06. The molecule has 5 heteroatoms. The molecule has 3 rings (SSSR count). The van der Waals surface area contributed by atoms with Crippen molar-refractivity contribution in [3.05, 3.63) is 24.3 Å². The van der Waals surface area contributed by atoms with Crippen molar-refractivity contribution in [1.29, 1.82) is 0 Å². The van der Waals surface area contributed by atoms with Crippen LogP contribution in [0.25, 0.3) is 10.9 Å². The third-order valence-electron chi connectivity index (χ3n) is 3.64. The van der Waals surface area contributed by atoms with Crippen LogP contribution in [-0.2, 0) is 0 Å². The van der Waals surface area contributed by atoms with Gasteiger partial charge in [0, 0.05) is 35.5 Å². The lowest BCUT2D eigenvalue weighted by molar-refractivity contribution is 0.721. The Morgan fingerprint density at radius 2 is 1.90 bits per heavy atom. The number of anilines is 2. The van der Waals surface area contributed by atoms with E-state index in [-0.39, 0.29) is 0 Å². The van der Waals surface area contributed by atoms with Crippen molar-refractivity contribution in [1.82, 2.24) is 9.97 Å². The molecule has 1 aromatic carbocycles. The molecule has 2 unspecified atom stereocenters. The number of thioether (sulfide) groups is 1. The zero-order chi connectivity index (χ0) is 14.8. The van der Waals surface area contributed by atoms with Gasteiger partial charge in [0.2, 0.25) is 5.95 Å². The predicted molar refractivity (Wildman–Crippen MR) is 92.4 cm³/mol. The van der Waals surface area contributed by atoms with E-state index >= 15 is 0 Å². The minimum absolute atomic E-state index is 0.630. The van der Waals surface area contributed by atoms with E-state index < -0.39 is 0 Å². The number of hydrogen-bond donors (Lipinski definition) is 1. The van der Waals surface area contributed by atoms with Gasteiger partial charge in [0.05, 0.1) is 5.52 Å². The van der Waals surface area contributed by atoms with Crippen molar-refractivity contribution in [2.24, 2.45) is 0 Å². The maximum Gasteiger partial charge on any atom is 0.225 e. The SMILES string of the molecule is CCNc1nc(N2CC(C)SC(C)C2)c2ccccc2n1. The average Bonchev–Trinajstić information content (AvgIpc) is 2.46. The number of para-hydroxylation sites is 1. The Hall–Kier alpha value is -1.49. The molecule has 21 heavy (non-hydrogen) atoms.